The summed E-state index contributed by atoms with van der Waals surface area (Å²) in [4.78, 5) is 26.8. The lowest BCUT2D eigenvalue weighted by atomic mass is 10.1. The lowest BCUT2D eigenvalue weighted by molar-refractivity contribution is -0.123. The first-order valence-corrected chi connectivity index (χ1v) is 8.75. The topological polar surface area (TPSA) is 83.5 Å². The van der Waals surface area contributed by atoms with Crippen LogP contribution in [-0.4, -0.2) is 23.7 Å². The molecule has 0 atom stereocenters. The van der Waals surface area contributed by atoms with Gasteiger partial charge in [-0.25, -0.2) is 5.43 Å². The summed E-state index contributed by atoms with van der Waals surface area (Å²) < 4.78 is 5.61. The van der Waals surface area contributed by atoms with Crippen molar-refractivity contribution in [3.05, 3.63) is 88.7 Å². The van der Waals surface area contributed by atoms with Crippen molar-refractivity contribution < 1.29 is 9.53 Å². The third kappa shape index (κ3) is 3.76. The van der Waals surface area contributed by atoms with Crippen molar-refractivity contribution in [1.82, 2.24) is 10.4 Å². The summed E-state index contributed by atoms with van der Waals surface area (Å²) >= 11 is 0. The molecule has 4 rings (SSSR count). The van der Waals surface area contributed by atoms with E-state index in [0.717, 1.165) is 21.7 Å². The molecule has 1 amide bonds. The van der Waals surface area contributed by atoms with E-state index in [1.54, 1.807) is 6.07 Å². The van der Waals surface area contributed by atoms with Gasteiger partial charge in [-0.05, 0) is 29.0 Å². The van der Waals surface area contributed by atoms with Gasteiger partial charge in [0.1, 0.15) is 5.75 Å². The summed E-state index contributed by atoms with van der Waals surface area (Å²) in [7, 11) is 0. The maximum Gasteiger partial charge on any atom is 0.277 e. The highest BCUT2D eigenvalue weighted by Gasteiger charge is 2.05. The lowest BCUT2D eigenvalue weighted by Gasteiger charge is -2.08. The Bertz CT molecular complexity index is 1240. The van der Waals surface area contributed by atoms with Crippen LogP contribution < -0.4 is 15.7 Å². The minimum Gasteiger partial charge on any atom is -0.483 e. The summed E-state index contributed by atoms with van der Waals surface area (Å²) in [5.74, 6) is 0.213. The number of carbonyl (C=O) groups excluding carboxylic acids is 1. The highest BCUT2D eigenvalue weighted by atomic mass is 16.5. The van der Waals surface area contributed by atoms with Gasteiger partial charge in [-0.15, -0.1) is 0 Å². The second kappa shape index (κ2) is 7.75. The van der Waals surface area contributed by atoms with E-state index in [-0.39, 0.29) is 12.2 Å². The highest BCUT2D eigenvalue weighted by molar-refractivity contribution is 5.89. The van der Waals surface area contributed by atoms with Gasteiger partial charge < -0.3 is 9.72 Å². The standard InChI is InChI=1S/C22H17N3O3/c26-21(14-28-20-11-5-8-15-6-1-3-9-18(15)20)25-23-13-17-12-16-7-2-4-10-19(16)24-22(17)27/h1-13H,14H2,(H,24,27)(H,25,26). The van der Waals surface area contributed by atoms with Crippen LogP contribution in [0.25, 0.3) is 21.7 Å². The van der Waals surface area contributed by atoms with Gasteiger partial charge in [0.25, 0.3) is 11.5 Å². The normalized spacial score (nSPS) is 11.1. The van der Waals surface area contributed by atoms with Crippen molar-refractivity contribution in [1.29, 1.82) is 0 Å². The molecule has 4 aromatic rings. The number of amides is 1. The molecule has 0 spiro atoms. The molecular formula is C22H17N3O3. The fraction of sp³-hybridized carbons (Fsp3) is 0.0455. The molecule has 0 aliphatic heterocycles. The summed E-state index contributed by atoms with van der Waals surface area (Å²) in [5, 5.41) is 6.71. The second-order valence-corrected chi connectivity index (χ2v) is 6.20. The van der Waals surface area contributed by atoms with Crippen LogP contribution in [-0.2, 0) is 4.79 Å². The van der Waals surface area contributed by atoms with Gasteiger partial charge in [-0.3, -0.25) is 9.59 Å². The van der Waals surface area contributed by atoms with E-state index in [0.29, 0.717) is 11.3 Å². The smallest absolute Gasteiger partial charge is 0.277 e. The number of hydrogen-bond donors (Lipinski definition) is 2. The quantitative estimate of drug-likeness (QED) is 0.417. The summed E-state index contributed by atoms with van der Waals surface area (Å²) in [6, 6.07) is 22.6. The Kier molecular flexibility index (Phi) is 4.84. The minimum absolute atomic E-state index is 0.181. The Labute approximate surface area is 160 Å². The van der Waals surface area contributed by atoms with E-state index in [4.69, 9.17) is 4.74 Å². The van der Waals surface area contributed by atoms with Crippen molar-refractivity contribution in [2.75, 3.05) is 6.61 Å². The molecule has 6 heteroatoms. The van der Waals surface area contributed by atoms with Crippen molar-refractivity contribution in [3.63, 3.8) is 0 Å². The molecule has 0 radical (unpaired) electrons. The van der Waals surface area contributed by atoms with Gasteiger partial charge in [0.15, 0.2) is 6.61 Å². The fourth-order valence-electron chi connectivity index (χ4n) is 2.93. The number of ether oxygens (including phenoxy) is 1. The summed E-state index contributed by atoms with van der Waals surface area (Å²) in [6.45, 7) is -0.181. The van der Waals surface area contributed by atoms with Crippen LogP contribution in [0.3, 0.4) is 0 Å². The van der Waals surface area contributed by atoms with E-state index in [9.17, 15) is 9.59 Å². The molecule has 0 bridgehead atoms. The van der Waals surface area contributed by atoms with Crippen LogP contribution in [0.1, 0.15) is 5.56 Å². The van der Waals surface area contributed by atoms with Gasteiger partial charge in [0, 0.05) is 10.9 Å². The number of rotatable bonds is 5. The highest BCUT2D eigenvalue weighted by Crippen LogP contribution is 2.24. The number of fused-ring (bicyclic) bond motifs is 2. The lowest BCUT2D eigenvalue weighted by Crippen LogP contribution is -2.25. The molecule has 1 aromatic heterocycles. The number of carbonyl (C=O) groups is 1. The first kappa shape index (κ1) is 17.5. The zero-order chi connectivity index (χ0) is 19.3. The van der Waals surface area contributed by atoms with Gasteiger partial charge in [0.05, 0.1) is 11.8 Å². The Morgan fingerprint density at radius 2 is 1.75 bits per heavy atom. The van der Waals surface area contributed by atoms with Crippen molar-refractivity contribution in [2.24, 2.45) is 5.10 Å². The van der Waals surface area contributed by atoms with Gasteiger partial charge >= 0.3 is 0 Å². The number of para-hydroxylation sites is 1. The molecule has 2 N–H and O–H groups in total. The van der Waals surface area contributed by atoms with E-state index in [2.05, 4.69) is 15.5 Å². The molecule has 1 heterocycles. The van der Waals surface area contributed by atoms with Gasteiger partial charge in [0.2, 0.25) is 0 Å². The summed E-state index contributed by atoms with van der Waals surface area (Å²) in [5.41, 5.74) is 3.21. The van der Waals surface area contributed by atoms with Crippen LogP contribution in [0, 0.1) is 0 Å². The van der Waals surface area contributed by atoms with Crippen LogP contribution in [0.4, 0.5) is 0 Å². The molecule has 138 valence electrons. The zero-order valence-corrected chi connectivity index (χ0v) is 14.9. The third-order valence-electron chi connectivity index (χ3n) is 4.28. The number of benzene rings is 3. The Morgan fingerprint density at radius 3 is 2.64 bits per heavy atom. The van der Waals surface area contributed by atoms with Gasteiger partial charge in [-0.2, -0.15) is 5.10 Å². The van der Waals surface area contributed by atoms with E-state index >= 15 is 0 Å². The Morgan fingerprint density at radius 1 is 1.00 bits per heavy atom. The maximum atomic E-state index is 12.1. The first-order chi connectivity index (χ1) is 13.7. The molecule has 0 fully saturated rings. The predicted molar refractivity (Wildman–Crippen MR) is 110 cm³/mol. The van der Waals surface area contributed by atoms with Gasteiger partial charge in [-0.1, -0.05) is 54.6 Å². The number of hydrogen-bond acceptors (Lipinski definition) is 4. The zero-order valence-electron chi connectivity index (χ0n) is 14.9. The number of aromatic nitrogens is 1. The average molecular weight is 371 g/mol. The van der Waals surface area contributed by atoms with Crippen LogP contribution in [0.2, 0.25) is 0 Å². The molecule has 0 aliphatic rings. The molecule has 6 nitrogen and oxygen atoms in total. The van der Waals surface area contributed by atoms with E-state index in [1.807, 2.05) is 66.7 Å². The predicted octanol–water partition coefficient (Wildman–Crippen LogP) is 3.21. The molecule has 3 aromatic carbocycles. The van der Waals surface area contributed by atoms with E-state index < -0.39 is 5.91 Å². The van der Waals surface area contributed by atoms with Crippen LogP contribution >= 0.6 is 0 Å². The molecule has 0 saturated heterocycles. The molecule has 0 saturated carbocycles. The molecule has 0 unspecified atom stereocenters. The number of H-pyrrole nitrogens is 1. The number of nitrogens with one attached hydrogen (secondary N) is 2. The molecule has 0 aliphatic carbocycles. The Balaban J connectivity index is 1.40. The third-order valence-corrected chi connectivity index (χ3v) is 4.28. The van der Waals surface area contributed by atoms with Crippen molar-refractivity contribution in [3.8, 4) is 5.75 Å². The van der Waals surface area contributed by atoms with Crippen molar-refractivity contribution >= 4 is 33.8 Å². The monoisotopic (exact) mass is 371 g/mol. The minimum atomic E-state index is -0.415. The van der Waals surface area contributed by atoms with Crippen LogP contribution in [0.15, 0.2) is 82.7 Å². The SMILES string of the molecule is O=C(COc1cccc2ccccc12)NN=Cc1cc2ccccc2[nH]c1=O. The first-order valence-electron chi connectivity index (χ1n) is 8.75. The number of aromatic amines is 1. The Hall–Kier alpha value is -3.93. The number of nitrogens with zero attached hydrogens (tertiary/aromatic N) is 1. The van der Waals surface area contributed by atoms with Crippen molar-refractivity contribution in [2.45, 2.75) is 0 Å². The van der Waals surface area contributed by atoms with E-state index in [1.165, 1.54) is 6.21 Å². The van der Waals surface area contributed by atoms with Crippen LogP contribution in [0.5, 0.6) is 5.75 Å². The number of pyridine rings is 1. The fourth-order valence-corrected chi connectivity index (χ4v) is 2.93. The molecular weight excluding hydrogens is 354 g/mol. The molecule has 28 heavy (non-hydrogen) atoms. The number of hydrazone groups is 1. The maximum absolute atomic E-state index is 12.1. The second-order valence-electron chi connectivity index (χ2n) is 6.20. The largest absolute Gasteiger partial charge is 0.483 e. The average Bonchev–Trinajstić information content (AvgIpc) is 2.72. The summed E-state index contributed by atoms with van der Waals surface area (Å²) in [6.07, 6.45) is 1.32.